The van der Waals surface area contributed by atoms with Gasteiger partial charge in [0, 0.05) is 12.2 Å². The van der Waals surface area contributed by atoms with Crippen LogP contribution in [0.3, 0.4) is 0 Å². The van der Waals surface area contributed by atoms with Crippen LogP contribution in [0.15, 0.2) is 24.4 Å². The topological polar surface area (TPSA) is 12.5 Å². The molecule has 0 unspecified atom stereocenters. The molecule has 2 nitrogen and oxygen atoms in total. The molecule has 68 valence electrons. The van der Waals surface area contributed by atoms with Crippen LogP contribution in [0.4, 0.5) is 0 Å². The number of ether oxygens (including phenoxy) is 1. The fourth-order valence-electron chi connectivity index (χ4n) is 1.26. The van der Waals surface area contributed by atoms with Gasteiger partial charge >= 0.3 is 0 Å². The maximum absolute atomic E-state index is 5.14. The van der Waals surface area contributed by atoms with E-state index >= 15 is 0 Å². The average molecular weight is 167 g/mol. The molecule has 0 spiro atoms. The van der Waals surface area contributed by atoms with Gasteiger partial charge in [0.05, 0.1) is 5.70 Å². The molecule has 0 aromatic rings. The van der Waals surface area contributed by atoms with Crippen molar-refractivity contribution in [2.75, 3.05) is 0 Å². The first-order valence-corrected chi connectivity index (χ1v) is 4.43. The van der Waals surface area contributed by atoms with E-state index in [0.717, 1.165) is 0 Å². The zero-order chi connectivity index (χ0) is 9.14. The van der Waals surface area contributed by atoms with Gasteiger partial charge in [-0.15, -0.1) is 0 Å². The molecule has 0 amide bonds. The Morgan fingerprint density at radius 2 is 1.92 bits per heavy atom. The van der Waals surface area contributed by atoms with E-state index < -0.39 is 0 Å². The van der Waals surface area contributed by atoms with Gasteiger partial charge < -0.3 is 9.64 Å². The molecule has 1 aliphatic rings. The van der Waals surface area contributed by atoms with Crippen molar-refractivity contribution in [3.05, 3.63) is 24.4 Å². The van der Waals surface area contributed by atoms with Crippen LogP contribution < -0.4 is 0 Å². The Morgan fingerprint density at radius 3 is 2.33 bits per heavy atom. The summed E-state index contributed by atoms with van der Waals surface area (Å²) in [6.07, 6.45) is 5.52. The predicted molar refractivity (Wildman–Crippen MR) is 50.1 cm³/mol. The molecule has 0 atom stereocenters. The van der Waals surface area contributed by atoms with Crippen molar-refractivity contribution in [3.63, 3.8) is 0 Å². The van der Waals surface area contributed by atoms with Crippen LogP contribution in [0.25, 0.3) is 0 Å². The summed E-state index contributed by atoms with van der Waals surface area (Å²) in [4.78, 5) is 2.23. The molecule has 0 saturated heterocycles. The lowest BCUT2D eigenvalue weighted by Crippen LogP contribution is -2.28. The first-order valence-electron chi connectivity index (χ1n) is 4.43. The largest absolute Gasteiger partial charge is 0.469 e. The zero-order valence-corrected chi connectivity index (χ0v) is 8.24. The van der Waals surface area contributed by atoms with Crippen molar-refractivity contribution in [2.24, 2.45) is 5.92 Å². The second-order valence-electron chi connectivity index (χ2n) is 3.62. The van der Waals surface area contributed by atoms with E-state index in [1.807, 2.05) is 12.5 Å². The zero-order valence-electron chi connectivity index (χ0n) is 8.24. The van der Waals surface area contributed by atoms with Gasteiger partial charge in [-0.2, -0.15) is 0 Å². The van der Waals surface area contributed by atoms with E-state index in [1.165, 1.54) is 5.70 Å². The number of hydrogen-bond acceptors (Lipinski definition) is 2. The third-order valence-corrected chi connectivity index (χ3v) is 1.93. The summed E-state index contributed by atoms with van der Waals surface area (Å²) in [6, 6.07) is 0.499. The molecule has 0 aromatic carbocycles. The quantitative estimate of drug-likeness (QED) is 0.627. The predicted octanol–water partition coefficient (Wildman–Crippen LogP) is 2.70. The van der Waals surface area contributed by atoms with Crippen molar-refractivity contribution in [2.45, 2.75) is 33.7 Å². The molecule has 0 radical (unpaired) electrons. The molecule has 0 N–H and O–H groups in total. The standard InChI is InChI=1S/C10H17NO/c1-8(2)10-7-12-6-5-11(10)9(3)4/h5-9H,1-4H3. The first-order chi connectivity index (χ1) is 5.63. The van der Waals surface area contributed by atoms with Crippen LogP contribution in [0.1, 0.15) is 27.7 Å². The SMILES string of the molecule is CC(C)C1=COC=CN1C(C)C. The molecule has 1 rings (SSSR count). The van der Waals surface area contributed by atoms with E-state index in [0.29, 0.717) is 12.0 Å². The Bertz CT molecular complexity index is 204. The van der Waals surface area contributed by atoms with Crippen LogP contribution in [0, 0.1) is 5.92 Å². The lowest BCUT2D eigenvalue weighted by Gasteiger charge is -2.31. The van der Waals surface area contributed by atoms with Gasteiger partial charge in [0.25, 0.3) is 0 Å². The molecule has 12 heavy (non-hydrogen) atoms. The van der Waals surface area contributed by atoms with E-state index in [-0.39, 0.29) is 0 Å². The van der Waals surface area contributed by atoms with E-state index in [4.69, 9.17) is 4.74 Å². The summed E-state index contributed by atoms with van der Waals surface area (Å²) in [5.41, 5.74) is 1.24. The molecule has 0 aromatic heterocycles. The van der Waals surface area contributed by atoms with Crippen LogP contribution in [-0.2, 0) is 4.74 Å². The van der Waals surface area contributed by atoms with E-state index in [9.17, 15) is 0 Å². The third-order valence-electron chi connectivity index (χ3n) is 1.93. The maximum Gasteiger partial charge on any atom is 0.110 e. The van der Waals surface area contributed by atoms with Gasteiger partial charge in [-0.1, -0.05) is 13.8 Å². The Labute approximate surface area is 74.5 Å². The second kappa shape index (κ2) is 3.65. The fraction of sp³-hybridized carbons (Fsp3) is 0.600. The number of allylic oxidation sites excluding steroid dienone is 1. The van der Waals surface area contributed by atoms with E-state index in [2.05, 4.69) is 32.6 Å². The summed E-state index contributed by atoms with van der Waals surface area (Å²) < 4.78 is 5.14. The number of hydrogen-bond donors (Lipinski definition) is 0. The third kappa shape index (κ3) is 1.81. The normalized spacial score (nSPS) is 16.8. The average Bonchev–Trinajstić information content (AvgIpc) is 2.04. The monoisotopic (exact) mass is 167 g/mol. The van der Waals surface area contributed by atoms with Crippen molar-refractivity contribution in [1.82, 2.24) is 4.90 Å². The number of nitrogens with zero attached hydrogens (tertiary/aromatic N) is 1. The van der Waals surface area contributed by atoms with Gasteiger partial charge in [-0.05, 0) is 19.8 Å². The van der Waals surface area contributed by atoms with Gasteiger partial charge in [-0.3, -0.25) is 0 Å². The van der Waals surface area contributed by atoms with E-state index in [1.54, 1.807) is 6.26 Å². The minimum Gasteiger partial charge on any atom is -0.469 e. The van der Waals surface area contributed by atoms with Crippen LogP contribution in [-0.4, -0.2) is 10.9 Å². The lowest BCUT2D eigenvalue weighted by molar-refractivity contribution is 0.272. The van der Waals surface area contributed by atoms with Crippen molar-refractivity contribution < 1.29 is 4.74 Å². The van der Waals surface area contributed by atoms with Crippen LogP contribution >= 0.6 is 0 Å². The number of rotatable bonds is 2. The Balaban J connectivity index is 2.76. The lowest BCUT2D eigenvalue weighted by atomic mass is 10.1. The summed E-state index contributed by atoms with van der Waals surface area (Å²) >= 11 is 0. The Morgan fingerprint density at radius 1 is 1.25 bits per heavy atom. The molecule has 0 fully saturated rings. The smallest absolute Gasteiger partial charge is 0.110 e. The highest BCUT2D eigenvalue weighted by Crippen LogP contribution is 2.21. The van der Waals surface area contributed by atoms with Crippen molar-refractivity contribution in [3.8, 4) is 0 Å². The maximum atomic E-state index is 5.14. The molecular weight excluding hydrogens is 150 g/mol. The van der Waals surface area contributed by atoms with Crippen LogP contribution in [0.5, 0.6) is 0 Å². The molecule has 0 saturated carbocycles. The van der Waals surface area contributed by atoms with Crippen molar-refractivity contribution in [1.29, 1.82) is 0 Å². The van der Waals surface area contributed by atoms with Gasteiger partial charge in [0.2, 0.25) is 0 Å². The fourth-order valence-corrected chi connectivity index (χ4v) is 1.26. The van der Waals surface area contributed by atoms with Gasteiger partial charge in [0.15, 0.2) is 0 Å². The highest BCUT2D eigenvalue weighted by atomic mass is 16.5. The summed E-state index contributed by atoms with van der Waals surface area (Å²) in [5, 5.41) is 0. The molecule has 0 bridgehead atoms. The Hall–Kier alpha value is -0.920. The molecule has 1 aliphatic heterocycles. The first kappa shape index (κ1) is 9.17. The highest BCUT2D eigenvalue weighted by Gasteiger charge is 2.16. The Kier molecular flexibility index (Phi) is 2.79. The van der Waals surface area contributed by atoms with Crippen molar-refractivity contribution >= 4 is 0 Å². The summed E-state index contributed by atoms with van der Waals surface area (Å²) in [7, 11) is 0. The van der Waals surface area contributed by atoms with Gasteiger partial charge in [0.1, 0.15) is 12.5 Å². The summed E-state index contributed by atoms with van der Waals surface area (Å²) in [5.74, 6) is 0.511. The molecule has 2 heteroatoms. The molecule has 0 aliphatic carbocycles. The summed E-state index contributed by atoms with van der Waals surface area (Å²) in [6.45, 7) is 8.69. The molecule has 1 heterocycles. The van der Waals surface area contributed by atoms with Crippen LogP contribution in [0.2, 0.25) is 0 Å². The highest BCUT2D eigenvalue weighted by molar-refractivity contribution is 5.09. The second-order valence-corrected chi connectivity index (χ2v) is 3.62. The minimum absolute atomic E-state index is 0.499. The molecular formula is C10H17NO. The van der Waals surface area contributed by atoms with Gasteiger partial charge in [-0.25, -0.2) is 0 Å². The minimum atomic E-state index is 0.499.